The second-order valence-corrected chi connectivity index (χ2v) is 5.30. The van der Waals surface area contributed by atoms with Gasteiger partial charge >= 0.3 is 0 Å². The van der Waals surface area contributed by atoms with Gasteiger partial charge in [-0.2, -0.15) is 0 Å². The van der Waals surface area contributed by atoms with Gasteiger partial charge in [0.05, 0.1) is 6.54 Å². The molecule has 2 heterocycles. The van der Waals surface area contributed by atoms with Crippen molar-refractivity contribution in [1.82, 2.24) is 19.7 Å². The number of hydrogen-bond donors (Lipinski definition) is 1. The third-order valence-corrected chi connectivity index (χ3v) is 3.97. The van der Waals surface area contributed by atoms with Gasteiger partial charge in [-0.1, -0.05) is 36.4 Å². The van der Waals surface area contributed by atoms with Gasteiger partial charge in [-0.25, -0.2) is 4.98 Å². The Kier molecular flexibility index (Phi) is 5.18. The molecule has 2 aromatic heterocycles. The zero-order valence-corrected chi connectivity index (χ0v) is 12.3. The van der Waals surface area contributed by atoms with Crippen LogP contribution in [0.4, 0.5) is 0 Å². The van der Waals surface area contributed by atoms with Crippen molar-refractivity contribution in [2.45, 2.75) is 37.3 Å². The van der Waals surface area contributed by atoms with Crippen LogP contribution in [0.2, 0.25) is 5.15 Å². The monoisotopic (exact) mass is 297 g/mol. The Hall–Kier alpha value is -1.11. The molecule has 0 radical (unpaired) electrons. The summed E-state index contributed by atoms with van der Waals surface area (Å²) in [7, 11) is 0. The maximum Gasteiger partial charge on any atom is 0.191 e. The normalized spacial score (nSPS) is 10.9. The number of rotatable bonds is 6. The molecule has 2 rings (SSSR count). The van der Waals surface area contributed by atoms with Crippen LogP contribution in [0, 0.1) is 0 Å². The van der Waals surface area contributed by atoms with Gasteiger partial charge in [-0.15, -0.1) is 10.2 Å². The summed E-state index contributed by atoms with van der Waals surface area (Å²) in [6.07, 6.45) is 2.70. The first-order chi connectivity index (χ1) is 9.26. The molecule has 7 heteroatoms. The highest BCUT2D eigenvalue weighted by atomic mass is 35.5. The fourth-order valence-electron chi connectivity index (χ4n) is 1.69. The highest BCUT2D eigenvalue weighted by Crippen LogP contribution is 2.25. The summed E-state index contributed by atoms with van der Waals surface area (Å²) >= 11 is 7.64. The van der Waals surface area contributed by atoms with Crippen LogP contribution in [-0.4, -0.2) is 19.7 Å². The van der Waals surface area contributed by atoms with Crippen LogP contribution < -0.4 is 5.73 Å². The molecule has 0 atom stereocenters. The summed E-state index contributed by atoms with van der Waals surface area (Å²) in [5, 5.41) is 9.70. The average molecular weight is 298 g/mol. The van der Waals surface area contributed by atoms with E-state index in [4.69, 9.17) is 17.3 Å². The van der Waals surface area contributed by atoms with Gasteiger partial charge < -0.3 is 10.3 Å². The Balaban J connectivity index is 2.11. The van der Waals surface area contributed by atoms with Crippen LogP contribution in [0.25, 0.3) is 0 Å². The van der Waals surface area contributed by atoms with E-state index in [1.165, 1.54) is 0 Å². The van der Waals surface area contributed by atoms with Gasteiger partial charge in [0.15, 0.2) is 5.16 Å². The van der Waals surface area contributed by atoms with Crippen molar-refractivity contribution in [3.05, 3.63) is 34.9 Å². The molecule has 102 valence electrons. The third kappa shape index (κ3) is 3.46. The Bertz CT molecular complexity index is 543. The van der Waals surface area contributed by atoms with E-state index in [-0.39, 0.29) is 0 Å². The molecule has 0 saturated carbocycles. The van der Waals surface area contributed by atoms with Crippen LogP contribution in [0.5, 0.6) is 0 Å². The smallest absolute Gasteiger partial charge is 0.191 e. The summed E-state index contributed by atoms with van der Waals surface area (Å²) in [6.45, 7) is 3.40. The minimum atomic E-state index is 0.404. The van der Waals surface area contributed by atoms with Crippen molar-refractivity contribution in [2.24, 2.45) is 5.73 Å². The summed E-state index contributed by atoms with van der Waals surface area (Å²) in [6, 6.07) is 3.84. The van der Waals surface area contributed by atoms with Gasteiger partial charge in [-0.3, -0.25) is 0 Å². The molecular formula is C12H16ClN5S. The Morgan fingerprint density at radius 2 is 2.26 bits per heavy atom. The van der Waals surface area contributed by atoms with Crippen LogP contribution in [0.3, 0.4) is 0 Å². The maximum absolute atomic E-state index is 6.04. The van der Waals surface area contributed by atoms with E-state index in [1.807, 2.05) is 12.1 Å². The Morgan fingerprint density at radius 3 is 2.95 bits per heavy atom. The first-order valence-corrected chi connectivity index (χ1v) is 7.47. The molecule has 0 spiro atoms. The third-order valence-electron chi connectivity index (χ3n) is 2.62. The molecule has 0 aliphatic carbocycles. The first kappa shape index (κ1) is 14.3. The van der Waals surface area contributed by atoms with Crippen molar-refractivity contribution < 1.29 is 0 Å². The Morgan fingerprint density at radius 1 is 1.42 bits per heavy atom. The van der Waals surface area contributed by atoms with E-state index in [2.05, 4.69) is 26.7 Å². The van der Waals surface area contributed by atoms with Gasteiger partial charge in [-0.05, 0) is 18.1 Å². The zero-order valence-electron chi connectivity index (χ0n) is 10.7. The topological polar surface area (TPSA) is 69.6 Å². The van der Waals surface area contributed by atoms with Crippen LogP contribution >= 0.6 is 23.4 Å². The van der Waals surface area contributed by atoms with E-state index >= 15 is 0 Å². The van der Waals surface area contributed by atoms with Gasteiger partial charge in [0.25, 0.3) is 0 Å². The van der Waals surface area contributed by atoms with Gasteiger partial charge in [0, 0.05) is 18.5 Å². The lowest BCUT2D eigenvalue weighted by molar-refractivity contribution is 0.592. The molecular weight excluding hydrogens is 282 g/mol. The number of halogens is 1. The molecule has 0 aliphatic rings. The van der Waals surface area contributed by atoms with E-state index in [0.717, 1.165) is 35.3 Å². The number of pyridine rings is 1. The average Bonchev–Trinajstić information content (AvgIpc) is 2.81. The summed E-state index contributed by atoms with van der Waals surface area (Å²) in [5.74, 6) is 1.54. The lowest BCUT2D eigenvalue weighted by Gasteiger charge is -2.07. The van der Waals surface area contributed by atoms with Crippen molar-refractivity contribution in [3.8, 4) is 0 Å². The number of hydrogen-bond acceptors (Lipinski definition) is 5. The molecule has 0 amide bonds. The fraction of sp³-hybridized carbons (Fsp3) is 0.417. The second kappa shape index (κ2) is 6.88. The standard InChI is InChI=1S/C12H16ClN5S/c1-2-6-18-10(7-14)16-17-12(18)19-8-9-4-3-5-15-11(9)13/h3-5H,2,6-8,14H2,1H3. The van der Waals surface area contributed by atoms with Gasteiger partial charge in [0.2, 0.25) is 0 Å². The number of aromatic nitrogens is 4. The molecule has 0 aromatic carbocycles. The molecule has 2 N–H and O–H groups in total. The molecule has 5 nitrogen and oxygen atoms in total. The van der Waals surface area contributed by atoms with Crippen molar-refractivity contribution >= 4 is 23.4 Å². The van der Waals surface area contributed by atoms with E-state index < -0.39 is 0 Å². The predicted octanol–water partition coefficient (Wildman–Crippen LogP) is 2.49. The quantitative estimate of drug-likeness (QED) is 0.655. The molecule has 0 unspecified atom stereocenters. The summed E-state index contributed by atoms with van der Waals surface area (Å²) in [4.78, 5) is 4.06. The molecule has 0 aliphatic heterocycles. The molecule has 0 bridgehead atoms. The maximum atomic E-state index is 6.04. The van der Waals surface area contributed by atoms with Crippen molar-refractivity contribution in [3.63, 3.8) is 0 Å². The van der Waals surface area contributed by atoms with Crippen molar-refractivity contribution in [2.75, 3.05) is 0 Å². The lowest BCUT2D eigenvalue weighted by atomic mass is 10.3. The summed E-state index contributed by atoms with van der Waals surface area (Å²) < 4.78 is 2.06. The SMILES string of the molecule is CCCn1c(CN)nnc1SCc1cccnc1Cl. The highest BCUT2D eigenvalue weighted by molar-refractivity contribution is 7.98. The highest BCUT2D eigenvalue weighted by Gasteiger charge is 2.11. The van der Waals surface area contributed by atoms with E-state index in [0.29, 0.717) is 11.7 Å². The Labute approximate surface area is 121 Å². The molecule has 19 heavy (non-hydrogen) atoms. The minimum Gasteiger partial charge on any atom is -0.324 e. The van der Waals surface area contributed by atoms with E-state index in [9.17, 15) is 0 Å². The largest absolute Gasteiger partial charge is 0.324 e. The second-order valence-electron chi connectivity index (χ2n) is 4.00. The lowest BCUT2D eigenvalue weighted by Crippen LogP contribution is -2.09. The molecule has 2 aromatic rings. The molecule has 0 saturated heterocycles. The van der Waals surface area contributed by atoms with E-state index in [1.54, 1.807) is 18.0 Å². The van der Waals surface area contributed by atoms with Gasteiger partial charge in [0.1, 0.15) is 11.0 Å². The fourth-order valence-corrected chi connectivity index (χ4v) is 2.93. The minimum absolute atomic E-state index is 0.404. The van der Waals surface area contributed by atoms with Crippen LogP contribution in [0.15, 0.2) is 23.5 Å². The van der Waals surface area contributed by atoms with Crippen molar-refractivity contribution in [1.29, 1.82) is 0 Å². The number of thioether (sulfide) groups is 1. The first-order valence-electron chi connectivity index (χ1n) is 6.10. The van der Waals surface area contributed by atoms with Crippen LogP contribution in [0.1, 0.15) is 24.7 Å². The number of nitrogens with two attached hydrogens (primary N) is 1. The zero-order chi connectivity index (χ0) is 13.7. The number of nitrogens with zero attached hydrogens (tertiary/aromatic N) is 4. The van der Waals surface area contributed by atoms with Crippen LogP contribution in [-0.2, 0) is 18.8 Å². The summed E-state index contributed by atoms with van der Waals surface area (Å²) in [5.41, 5.74) is 6.66. The predicted molar refractivity (Wildman–Crippen MR) is 77.0 cm³/mol. The molecule has 0 fully saturated rings.